The van der Waals surface area contributed by atoms with Gasteiger partial charge in [0.15, 0.2) is 26.4 Å². The number of nitrogens with zero attached hydrogens (tertiary/aromatic N) is 3. The van der Waals surface area contributed by atoms with Gasteiger partial charge in [-0.2, -0.15) is 0 Å². The second-order valence-corrected chi connectivity index (χ2v) is 8.47. The number of aromatic nitrogens is 3. The van der Waals surface area contributed by atoms with Gasteiger partial charge in [-0.05, 0) is 12.9 Å². The first-order chi connectivity index (χ1) is 16.1. The molecule has 1 amide bonds. The number of sulfone groups is 1. The molecule has 1 N–H and O–H groups in total. The first-order valence-corrected chi connectivity index (χ1v) is 10.3. The molecule has 0 aromatic carbocycles. The van der Waals surface area contributed by atoms with Crippen LogP contribution in [0.15, 0.2) is 29.6 Å². The number of fused-ring (bicyclic) bond motifs is 2. The van der Waals surface area contributed by atoms with Gasteiger partial charge in [-0.15, -0.1) is 0 Å². The van der Waals surface area contributed by atoms with Crippen LogP contribution in [0.2, 0.25) is 0 Å². The summed E-state index contributed by atoms with van der Waals surface area (Å²) in [6.07, 6.45) is 2.06. The maximum atomic E-state index is 12.4. The summed E-state index contributed by atoms with van der Waals surface area (Å²) in [4.78, 5) is 19.8. The molecule has 1 atom stereocenters. The Balaban J connectivity index is 2.03. The van der Waals surface area contributed by atoms with Gasteiger partial charge in [-0.1, -0.05) is 0 Å². The minimum atomic E-state index is -3.89. The topological polar surface area (TPSA) is 112 Å². The largest absolute Gasteiger partial charge is 0.484 e. The van der Waals surface area contributed by atoms with Crippen LogP contribution in [-0.4, -0.2) is 47.8 Å². The van der Waals surface area contributed by atoms with E-state index in [9.17, 15) is 13.2 Å². The molecular weight excluding hydrogens is 396 g/mol. The summed E-state index contributed by atoms with van der Waals surface area (Å²) in [6.45, 7) is -4.26. The van der Waals surface area contributed by atoms with Gasteiger partial charge in [0, 0.05) is 51.6 Å². The van der Waals surface area contributed by atoms with Gasteiger partial charge in [0.1, 0.15) is 24.2 Å². The molecule has 0 bridgehead atoms. The molecular formula is C19H20N4O5S. The van der Waals surface area contributed by atoms with Crippen molar-refractivity contribution in [3.8, 4) is 22.8 Å². The smallest absolute Gasteiger partial charge is 0.222 e. The van der Waals surface area contributed by atoms with Gasteiger partial charge >= 0.3 is 0 Å². The fraction of sp³-hybridized carbons (Fsp3) is 0.316. The number of hydrogen-bond acceptors (Lipinski definition) is 7. The number of amides is 1. The van der Waals surface area contributed by atoms with Crippen LogP contribution in [0.4, 0.5) is 5.82 Å². The Morgan fingerprint density at radius 3 is 2.93 bits per heavy atom. The maximum Gasteiger partial charge on any atom is 0.222 e. The molecule has 4 heterocycles. The predicted octanol–water partition coefficient (Wildman–Crippen LogP) is 2.16. The Hall–Kier alpha value is -3.14. The number of ether oxygens (including phenoxy) is 2. The van der Waals surface area contributed by atoms with Gasteiger partial charge in [-0.25, -0.2) is 18.4 Å². The van der Waals surface area contributed by atoms with Crippen molar-refractivity contribution in [2.45, 2.75) is 24.9 Å². The average molecular weight is 422 g/mol. The fourth-order valence-corrected chi connectivity index (χ4v) is 3.57. The van der Waals surface area contributed by atoms with E-state index in [1.807, 2.05) is 0 Å². The van der Waals surface area contributed by atoms with Crippen molar-refractivity contribution in [2.24, 2.45) is 6.98 Å². The van der Waals surface area contributed by atoms with Crippen LogP contribution in [-0.2, 0) is 21.6 Å². The fourth-order valence-electron chi connectivity index (χ4n) is 2.99. The number of nitrogens with one attached hydrogen (secondary N) is 1. The van der Waals surface area contributed by atoms with Crippen molar-refractivity contribution in [3.05, 3.63) is 24.5 Å². The van der Waals surface area contributed by atoms with Crippen molar-refractivity contribution < 1.29 is 30.9 Å². The molecule has 29 heavy (non-hydrogen) atoms. The normalized spacial score (nSPS) is 20.0. The van der Waals surface area contributed by atoms with Crippen LogP contribution in [0.1, 0.15) is 22.0 Å². The Bertz CT molecular complexity index is 1450. The summed E-state index contributed by atoms with van der Waals surface area (Å²) in [5, 5.41) is 2.36. The second-order valence-electron chi connectivity index (χ2n) is 6.51. The van der Waals surface area contributed by atoms with Gasteiger partial charge in [0.25, 0.3) is 0 Å². The Kier molecular flexibility index (Phi) is 3.05. The minimum absolute atomic E-state index is 0.0413. The summed E-state index contributed by atoms with van der Waals surface area (Å²) in [5.74, 6) is -0.480. The Morgan fingerprint density at radius 1 is 1.41 bits per heavy atom. The van der Waals surface area contributed by atoms with Crippen molar-refractivity contribution >= 4 is 32.5 Å². The zero-order chi connectivity index (χ0) is 25.9. The third-order valence-corrected chi connectivity index (χ3v) is 5.16. The number of rotatable bonds is 3. The molecule has 3 aromatic rings. The SMILES string of the molecule is [2H]C([2H])([2H])C1COc2c(cc(S(C)(=O)=O)nc2-c2cn(C([2H])([2H])[2H])c3cnc(NC(C)=O)cc23)O1. The van der Waals surface area contributed by atoms with Gasteiger partial charge in [0.05, 0.1) is 11.7 Å². The summed E-state index contributed by atoms with van der Waals surface area (Å²) in [6, 6.07) is 2.49. The lowest BCUT2D eigenvalue weighted by Crippen LogP contribution is -2.26. The molecule has 1 aliphatic heterocycles. The molecule has 1 aliphatic rings. The first kappa shape index (κ1) is 13.2. The molecule has 0 spiro atoms. The Morgan fingerprint density at radius 2 is 2.24 bits per heavy atom. The Labute approximate surface area is 176 Å². The first-order valence-electron chi connectivity index (χ1n) is 11.4. The number of aryl methyl sites for hydroxylation is 1. The highest BCUT2D eigenvalue weighted by molar-refractivity contribution is 7.90. The lowest BCUT2D eigenvalue weighted by molar-refractivity contribution is -0.114. The van der Waals surface area contributed by atoms with E-state index in [1.165, 1.54) is 25.4 Å². The summed E-state index contributed by atoms with van der Waals surface area (Å²) in [5.41, 5.74) is 0.245. The highest BCUT2D eigenvalue weighted by Gasteiger charge is 2.28. The van der Waals surface area contributed by atoms with Crippen molar-refractivity contribution in [3.63, 3.8) is 0 Å². The van der Waals surface area contributed by atoms with Crippen LogP contribution >= 0.6 is 0 Å². The predicted molar refractivity (Wildman–Crippen MR) is 107 cm³/mol. The van der Waals surface area contributed by atoms with Gasteiger partial charge < -0.3 is 19.4 Å². The molecule has 152 valence electrons. The van der Waals surface area contributed by atoms with Crippen molar-refractivity contribution in [1.82, 2.24) is 14.5 Å². The minimum Gasteiger partial charge on any atom is -0.484 e. The van der Waals surface area contributed by atoms with E-state index < -0.39 is 40.7 Å². The van der Waals surface area contributed by atoms with E-state index in [4.69, 9.17) is 17.7 Å². The molecule has 0 saturated carbocycles. The number of anilines is 1. The highest BCUT2D eigenvalue weighted by atomic mass is 32.2. The zero-order valence-electron chi connectivity index (χ0n) is 21.4. The lowest BCUT2D eigenvalue weighted by atomic mass is 10.1. The number of carbonyl (C=O) groups is 1. The summed E-state index contributed by atoms with van der Waals surface area (Å²) >= 11 is 0. The van der Waals surface area contributed by atoms with Crippen LogP contribution in [0.5, 0.6) is 11.5 Å². The summed E-state index contributed by atoms with van der Waals surface area (Å²) < 4.78 is 83.4. The summed E-state index contributed by atoms with van der Waals surface area (Å²) in [7, 11) is -3.89. The van der Waals surface area contributed by atoms with E-state index in [1.54, 1.807) is 0 Å². The van der Waals surface area contributed by atoms with Gasteiger partial charge in [0.2, 0.25) is 5.91 Å². The molecule has 4 rings (SSSR count). The van der Waals surface area contributed by atoms with Crippen LogP contribution in [0, 0.1) is 0 Å². The third kappa shape index (κ3) is 3.51. The molecule has 3 aromatic heterocycles. The maximum absolute atomic E-state index is 12.4. The number of carbonyl (C=O) groups excluding carboxylic acids is 1. The van der Waals surface area contributed by atoms with Crippen LogP contribution in [0.25, 0.3) is 22.2 Å². The lowest BCUT2D eigenvalue weighted by Gasteiger charge is -2.25. The van der Waals surface area contributed by atoms with Crippen LogP contribution < -0.4 is 14.8 Å². The molecule has 1 unspecified atom stereocenters. The van der Waals surface area contributed by atoms with E-state index in [0.29, 0.717) is 0 Å². The number of pyridine rings is 2. The molecule has 0 radical (unpaired) electrons. The zero-order valence-corrected chi connectivity index (χ0v) is 16.2. The number of hydrogen-bond donors (Lipinski definition) is 1. The van der Waals surface area contributed by atoms with Crippen LogP contribution in [0.3, 0.4) is 0 Å². The monoisotopic (exact) mass is 422 g/mol. The van der Waals surface area contributed by atoms with E-state index in [2.05, 4.69) is 15.3 Å². The second kappa shape index (κ2) is 6.73. The quantitative estimate of drug-likeness (QED) is 0.688. The van der Waals surface area contributed by atoms with Gasteiger partial charge in [-0.3, -0.25) is 4.79 Å². The average Bonchev–Trinajstić information content (AvgIpc) is 3.10. The third-order valence-electron chi connectivity index (χ3n) is 4.19. The molecule has 9 nitrogen and oxygen atoms in total. The highest BCUT2D eigenvalue weighted by Crippen LogP contribution is 2.43. The standard InChI is InChI=1S/C19H20N4O5S/c1-10-9-27-19-15(28-10)6-17(29(4,25)26)22-18(19)13-8-23(3)14-7-20-16(5-12(13)14)21-11(2)24/h5-8,10H,9H2,1-4H3,(H,20,21,24)/i1D3,3D3. The van der Waals surface area contributed by atoms with E-state index in [0.717, 1.165) is 16.9 Å². The molecule has 0 aliphatic carbocycles. The molecule has 10 heteroatoms. The molecule has 0 saturated heterocycles. The van der Waals surface area contributed by atoms with Crippen molar-refractivity contribution in [1.29, 1.82) is 0 Å². The molecule has 0 fully saturated rings. The van der Waals surface area contributed by atoms with Crippen molar-refractivity contribution in [2.75, 3.05) is 18.2 Å². The van der Waals surface area contributed by atoms with E-state index in [-0.39, 0.29) is 46.1 Å². The van der Waals surface area contributed by atoms with E-state index >= 15 is 0 Å².